The number of hydrogen-bond donors (Lipinski definition) is 0. The minimum absolute atomic E-state index is 0.113. The number of rotatable bonds is 2. The molecule has 0 aliphatic heterocycles. The van der Waals surface area contributed by atoms with Crippen LogP contribution in [-0.2, 0) is 10.2 Å². The highest BCUT2D eigenvalue weighted by atomic mass is 16.1. The van der Waals surface area contributed by atoms with Crippen molar-refractivity contribution in [3.05, 3.63) is 71.8 Å². The lowest BCUT2D eigenvalue weighted by molar-refractivity contribution is -0.123. The highest BCUT2D eigenvalue weighted by Crippen LogP contribution is 2.77. The summed E-state index contributed by atoms with van der Waals surface area (Å²) in [4.78, 5) is 12.4. The summed E-state index contributed by atoms with van der Waals surface area (Å²) < 4.78 is 0. The van der Waals surface area contributed by atoms with Crippen LogP contribution in [0.1, 0.15) is 24.0 Å². The SMILES string of the molecule is O=C1[C@H]2CC[C@@H]1[C@H]1[C@@H]2C1(c1ccccc1)c1ccccc1. The first-order valence-corrected chi connectivity index (χ1v) is 8.00. The molecule has 2 aromatic rings. The first-order valence-electron chi connectivity index (χ1n) is 8.00. The van der Waals surface area contributed by atoms with E-state index in [1.165, 1.54) is 11.1 Å². The van der Waals surface area contributed by atoms with Gasteiger partial charge in [-0.25, -0.2) is 0 Å². The van der Waals surface area contributed by atoms with Crippen molar-refractivity contribution in [3.63, 3.8) is 0 Å². The summed E-state index contributed by atoms with van der Waals surface area (Å²) >= 11 is 0. The number of Topliss-reactive ketones (excluding diaryl/α,β-unsaturated/α-hetero) is 1. The number of benzene rings is 2. The lowest BCUT2D eigenvalue weighted by Crippen LogP contribution is -2.25. The third-order valence-electron chi connectivity index (χ3n) is 6.22. The molecule has 1 heteroatoms. The molecule has 0 unspecified atom stereocenters. The predicted molar refractivity (Wildman–Crippen MR) is 81.9 cm³/mol. The fraction of sp³-hybridized carbons (Fsp3) is 0.350. The normalized spacial score (nSPS) is 34.8. The molecule has 2 aromatic carbocycles. The van der Waals surface area contributed by atoms with Gasteiger partial charge in [0.1, 0.15) is 5.78 Å². The number of ketones is 1. The van der Waals surface area contributed by atoms with Gasteiger partial charge in [0.2, 0.25) is 0 Å². The van der Waals surface area contributed by atoms with E-state index in [0.29, 0.717) is 29.5 Å². The maximum absolute atomic E-state index is 12.4. The number of fused-ring (bicyclic) bond motifs is 5. The molecule has 3 saturated carbocycles. The molecule has 0 heterocycles. The summed E-state index contributed by atoms with van der Waals surface area (Å²) in [5.74, 6) is 2.30. The first-order chi connectivity index (χ1) is 10.3. The largest absolute Gasteiger partial charge is 0.299 e. The predicted octanol–water partition coefficient (Wildman–Crippen LogP) is 3.83. The molecule has 2 bridgehead atoms. The van der Waals surface area contributed by atoms with E-state index in [-0.39, 0.29) is 5.41 Å². The summed E-state index contributed by atoms with van der Waals surface area (Å²) in [6.45, 7) is 0. The van der Waals surface area contributed by atoms with Gasteiger partial charge in [-0.2, -0.15) is 0 Å². The molecule has 3 aliphatic rings. The summed E-state index contributed by atoms with van der Waals surface area (Å²) in [5.41, 5.74) is 2.94. The van der Waals surface area contributed by atoms with E-state index in [1.807, 2.05) is 0 Å². The second-order valence-electron chi connectivity index (χ2n) is 6.85. The Balaban J connectivity index is 1.71. The minimum atomic E-state index is 0.113. The Bertz CT molecular complexity index is 642. The zero-order chi connectivity index (χ0) is 14.0. The van der Waals surface area contributed by atoms with Gasteiger partial charge in [0.05, 0.1) is 0 Å². The molecule has 0 aromatic heterocycles. The van der Waals surface area contributed by atoms with Gasteiger partial charge >= 0.3 is 0 Å². The van der Waals surface area contributed by atoms with Crippen LogP contribution >= 0.6 is 0 Å². The van der Waals surface area contributed by atoms with Crippen molar-refractivity contribution in [2.75, 3.05) is 0 Å². The molecular formula is C20H18O. The van der Waals surface area contributed by atoms with Crippen LogP contribution in [0.3, 0.4) is 0 Å². The fourth-order valence-electron chi connectivity index (χ4n) is 5.57. The van der Waals surface area contributed by atoms with Crippen molar-refractivity contribution in [1.29, 1.82) is 0 Å². The third kappa shape index (κ3) is 1.26. The van der Waals surface area contributed by atoms with E-state index in [4.69, 9.17) is 0 Å². The van der Waals surface area contributed by atoms with Crippen molar-refractivity contribution in [2.45, 2.75) is 18.3 Å². The number of carbonyl (C=O) groups is 1. The molecule has 4 atom stereocenters. The van der Waals surface area contributed by atoms with E-state index in [1.54, 1.807) is 0 Å². The second-order valence-corrected chi connectivity index (χ2v) is 6.85. The summed E-state index contributed by atoms with van der Waals surface area (Å²) in [5, 5.41) is 0. The monoisotopic (exact) mass is 274 g/mol. The van der Waals surface area contributed by atoms with Crippen LogP contribution in [0.15, 0.2) is 60.7 Å². The van der Waals surface area contributed by atoms with Gasteiger partial charge in [-0.05, 0) is 35.8 Å². The summed E-state index contributed by atoms with van der Waals surface area (Å²) in [6, 6.07) is 21.8. The van der Waals surface area contributed by atoms with Gasteiger partial charge in [-0.3, -0.25) is 4.79 Å². The number of carbonyl (C=O) groups excluding carboxylic acids is 1. The first kappa shape index (κ1) is 11.7. The molecule has 3 fully saturated rings. The van der Waals surface area contributed by atoms with Crippen molar-refractivity contribution >= 4 is 5.78 Å². The van der Waals surface area contributed by atoms with Crippen molar-refractivity contribution in [2.24, 2.45) is 23.7 Å². The van der Waals surface area contributed by atoms with Gasteiger partial charge in [0.15, 0.2) is 0 Å². The van der Waals surface area contributed by atoms with Gasteiger partial charge in [0, 0.05) is 17.3 Å². The Morgan fingerprint density at radius 1 is 0.714 bits per heavy atom. The van der Waals surface area contributed by atoms with Crippen molar-refractivity contribution in [3.8, 4) is 0 Å². The standard InChI is InChI=1S/C20H18O/c21-19-15-11-12-16(19)18-17(15)20(18,13-7-3-1-4-8-13)14-9-5-2-6-10-14/h1-10,15-18H,11-12H2/t15-,16+,17+,18-. The maximum Gasteiger partial charge on any atom is 0.139 e. The lowest BCUT2D eigenvalue weighted by Gasteiger charge is -2.24. The van der Waals surface area contributed by atoms with Crippen LogP contribution in [0.2, 0.25) is 0 Å². The fourth-order valence-corrected chi connectivity index (χ4v) is 5.57. The van der Waals surface area contributed by atoms with Gasteiger partial charge in [-0.15, -0.1) is 0 Å². The molecule has 21 heavy (non-hydrogen) atoms. The molecule has 0 spiro atoms. The van der Waals surface area contributed by atoms with Gasteiger partial charge in [-0.1, -0.05) is 60.7 Å². The Morgan fingerprint density at radius 2 is 1.14 bits per heavy atom. The Labute approximate surface area is 125 Å². The van der Waals surface area contributed by atoms with Crippen LogP contribution in [0, 0.1) is 23.7 Å². The summed E-state index contributed by atoms with van der Waals surface area (Å²) in [7, 11) is 0. The highest BCUT2D eigenvalue weighted by molar-refractivity contribution is 5.92. The topological polar surface area (TPSA) is 17.1 Å². The van der Waals surface area contributed by atoms with E-state index in [9.17, 15) is 4.79 Å². The van der Waals surface area contributed by atoms with Crippen molar-refractivity contribution in [1.82, 2.24) is 0 Å². The molecule has 0 amide bonds. The van der Waals surface area contributed by atoms with E-state index >= 15 is 0 Å². The van der Waals surface area contributed by atoms with Crippen molar-refractivity contribution < 1.29 is 4.79 Å². The molecule has 0 saturated heterocycles. The average molecular weight is 274 g/mol. The lowest BCUT2D eigenvalue weighted by atomic mass is 9.78. The van der Waals surface area contributed by atoms with E-state index < -0.39 is 0 Å². The molecular weight excluding hydrogens is 256 g/mol. The molecule has 0 N–H and O–H groups in total. The Kier molecular flexibility index (Phi) is 2.15. The van der Waals surface area contributed by atoms with Crippen LogP contribution in [0.25, 0.3) is 0 Å². The second kappa shape index (κ2) is 3.85. The molecule has 1 nitrogen and oxygen atoms in total. The third-order valence-corrected chi connectivity index (χ3v) is 6.22. The van der Waals surface area contributed by atoms with Crippen LogP contribution in [0.5, 0.6) is 0 Å². The Hall–Kier alpha value is -1.89. The maximum atomic E-state index is 12.4. The van der Waals surface area contributed by atoms with E-state index in [0.717, 1.165) is 12.8 Å². The summed E-state index contributed by atoms with van der Waals surface area (Å²) in [6.07, 6.45) is 2.23. The van der Waals surface area contributed by atoms with Crippen LogP contribution < -0.4 is 0 Å². The van der Waals surface area contributed by atoms with E-state index in [2.05, 4.69) is 60.7 Å². The minimum Gasteiger partial charge on any atom is -0.299 e. The Morgan fingerprint density at radius 3 is 1.57 bits per heavy atom. The van der Waals surface area contributed by atoms with Gasteiger partial charge < -0.3 is 0 Å². The molecule has 3 aliphatic carbocycles. The molecule has 5 rings (SSSR count). The quantitative estimate of drug-likeness (QED) is 0.813. The number of hydrogen-bond acceptors (Lipinski definition) is 1. The van der Waals surface area contributed by atoms with Gasteiger partial charge in [0.25, 0.3) is 0 Å². The average Bonchev–Trinajstić information content (AvgIpc) is 3.04. The zero-order valence-corrected chi connectivity index (χ0v) is 11.9. The highest BCUT2D eigenvalue weighted by Gasteiger charge is 2.78. The van der Waals surface area contributed by atoms with Crippen LogP contribution in [0.4, 0.5) is 0 Å². The van der Waals surface area contributed by atoms with Crippen LogP contribution in [-0.4, -0.2) is 5.78 Å². The molecule has 0 radical (unpaired) electrons. The zero-order valence-electron chi connectivity index (χ0n) is 11.9. The molecule has 104 valence electrons. The smallest absolute Gasteiger partial charge is 0.139 e.